The van der Waals surface area contributed by atoms with E-state index < -0.39 is 4.84 Å². The molecule has 0 N–H and O–H groups in total. The Kier molecular flexibility index (Phi) is 2.69. The van der Waals surface area contributed by atoms with E-state index in [0.29, 0.717) is 5.76 Å². The first-order chi connectivity index (χ1) is 5.41. The van der Waals surface area contributed by atoms with E-state index in [9.17, 15) is 0 Å². The van der Waals surface area contributed by atoms with Gasteiger partial charge in [0.05, 0.1) is 5.69 Å². The predicted molar refractivity (Wildman–Crippen MR) is 49.7 cm³/mol. The zero-order valence-electron chi connectivity index (χ0n) is 7.27. The quantitative estimate of drug-likeness (QED) is 0.660. The molecule has 0 unspecified atom stereocenters. The molecule has 1 aromatic heterocycles. The van der Waals surface area contributed by atoms with Crippen molar-refractivity contribution < 1.29 is 4.52 Å². The number of hydrogen-bond acceptors (Lipinski definition) is 2. The zero-order valence-corrected chi connectivity index (χ0v) is 8.78. The molecular formula is C8H11Cl2NO. The summed E-state index contributed by atoms with van der Waals surface area (Å²) >= 11 is 11.2. The molecule has 0 saturated heterocycles. The molecule has 0 saturated carbocycles. The van der Waals surface area contributed by atoms with Gasteiger partial charge in [-0.1, -0.05) is 49.1 Å². The monoisotopic (exact) mass is 207 g/mol. The summed E-state index contributed by atoms with van der Waals surface area (Å²) in [6.45, 7) is 6.14. The Hall–Kier alpha value is -0.210. The van der Waals surface area contributed by atoms with E-state index in [1.807, 2.05) is 20.8 Å². The molecule has 0 aliphatic carbocycles. The van der Waals surface area contributed by atoms with Crippen LogP contribution in [0.2, 0.25) is 0 Å². The minimum atomic E-state index is -0.631. The van der Waals surface area contributed by atoms with Crippen LogP contribution in [0.5, 0.6) is 0 Å². The van der Waals surface area contributed by atoms with E-state index in [4.69, 9.17) is 27.7 Å². The van der Waals surface area contributed by atoms with Crippen molar-refractivity contribution in [3.63, 3.8) is 0 Å². The summed E-state index contributed by atoms with van der Waals surface area (Å²) in [7, 11) is 0. The summed E-state index contributed by atoms with van der Waals surface area (Å²) in [5, 5.41) is 3.86. The van der Waals surface area contributed by atoms with Crippen LogP contribution in [-0.4, -0.2) is 5.16 Å². The van der Waals surface area contributed by atoms with Gasteiger partial charge in [-0.25, -0.2) is 0 Å². The van der Waals surface area contributed by atoms with Gasteiger partial charge in [-0.2, -0.15) is 0 Å². The molecule has 0 bridgehead atoms. The van der Waals surface area contributed by atoms with Crippen LogP contribution in [0.25, 0.3) is 0 Å². The highest BCUT2D eigenvalue weighted by Crippen LogP contribution is 2.29. The minimum Gasteiger partial charge on any atom is -0.358 e. The molecule has 2 nitrogen and oxygen atoms in total. The molecule has 1 aromatic rings. The molecule has 4 heteroatoms. The lowest BCUT2D eigenvalue weighted by molar-refractivity contribution is 0.371. The van der Waals surface area contributed by atoms with Crippen LogP contribution < -0.4 is 0 Å². The van der Waals surface area contributed by atoms with Gasteiger partial charge in [0.1, 0.15) is 0 Å². The molecule has 0 fully saturated rings. The highest BCUT2D eigenvalue weighted by Gasteiger charge is 2.20. The van der Waals surface area contributed by atoms with E-state index in [0.717, 1.165) is 5.69 Å². The molecule has 1 rings (SSSR count). The summed E-state index contributed by atoms with van der Waals surface area (Å²) in [6, 6.07) is 1.78. The van der Waals surface area contributed by atoms with Crippen molar-refractivity contribution in [3.05, 3.63) is 17.5 Å². The Balaban J connectivity index is 2.92. The highest BCUT2D eigenvalue weighted by atomic mass is 35.5. The molecule has 12 heavy (non-hydrogen) atoms. The van der Waals surface area contributed by atoms with Crippen LogP contribution in [0.1, 0.15) is 37.1 Å². The van der Waals surface area contributed by atoms with E-state index in [2.05, 4.69) is 5.16 Å². The Labute approximate surface area is 81.8 Å². The first-order valence-electron chi connectivity index (χ1n) is 3.66. The molecule has 0 amide bonds. The van der Waals surface area contributed by atoms with Crippen molar-refractivity contribution in [1.29, 1.82) is 0 Å². The Morgan fingerprint density at radius 1 is 1.42 bits per heavy atom. The molecular weight excluding hydrogens is 197 g/mol. The average Bonchev–Trinajstić information content (AvgIpc) is 2.30. The number of alkyl halides is 2. The van der Waals surface area contributed by atoms with Gasteiger partial charge in [-0.15, -0.1) is 0 Å². The molecule has 68 valence electrons. The van der Waals surface area contributed by atoms with Crippen LogP contribution in [0.15, 0.2) is 10.6 Å². The van der Waals surface area contributed by atoms with Crippen molar-refractivity contribution in [2.75, 3.05) is 0 Å². The van der Waals surface area contributed by atoms with Gasteiger partial charge in [-0.3, -0.25) is 0 Å². The van der Waals surface area contributed by atoms with E-state index >= 15 is 0 Å². The lowest BCUT2D eigenvalue weighted by Gasteiger charge is -2.12. The second-order valence-electron chi connectivity index (χ2n) is 3.67. The van der Waals surface area contributed by atoms with E-state index in [1.54, 1.807) is 6.07 Å². The normalized spacial score (nSPS) is 12.5. The van der Waals surface area contributed by atoms with Gasteiger partial charge in [0, 0.05) is 11.5 Å². The third-order valence-electron chi connectivity index (χ3n) is 1.51. The fourth-order valence-electron chi connectivity index (χ4n) is 0.746. The van der Waals surface area contributed by atoms with Gasteiger partial charge in [0.15, 0.2) is 10.6 Å². The van der Waals surface area contributed by atoms with Gasteiger partial charge < -0.3 is 4.52 Å². The Bertz CT molecular complexity index is 262. The second-order valence-corrected chi connectivity index (χ2v) is 4.76. The summed E-state index contributed by atoms with van der Waals surface area (Å²) in [5.41, 5.74) is 0.841. The SMILES string of the molecule is CC(C)(C)c1cc(C(Cl)Cl)on1. The standard InChI is InChI=1S/C8H11Cl2NO/c1-8(2,3)6-4-5(7(9)10)12-11-6/h4,7H,1-3H3. The summed E-state index contributed by atoms with van der Waals surface area (Å²) < 4.78 is 4.94. The van der Waals surface area contributed by atoms with Crippen molar-refractivity contribution in [3.8, 4) is 0 Å². The Morgan fingerprint density at radius 3 is 2.25 bits per heavy atom. The summed E-state index contributed by atoms with van der Waals surface area (Å²) in [4.78, 5) is -0.631. The molecule has 0 spiro atoms. The van der Waals surface area contributed by atoms with Crippen LogP contribution in [0.3, 0.4) is 0 Å². The molecule has 0 aromatic carbocycles. The molecule has 0 atom stereocenters. The van der Waals surface area contributed by atoms with Gasteiger partial charge in [0.2, 0.25) is 0 Å². The average molecular weight is 208 g/mol. The van der Waals surface area contributed by atoms with Gasteiger partial charge in [-0.05, 0) is 0 Å². The molecule has 0 radical (unpaired) electrons. The van der Waals surface area contributed by atoms with Gasteiger partial charge in [0.25, 0.3) is 0 Å². The first kappa shape index (κ1) is 9.87. The van der Waals surface area contributed by atoms with Crippen molar-refractivity contribution in [2.45, 2.75) is 31.0 Å². The van der Waals surface area contributed by atoms with Crippen molar-refractivity contribution >= 4 is 23.2 Å². The number of aromatic nitrogens is 1. The number of rotatable bonds is 1. The maximum atomic E-state index is 5.60. The maximum absolute atomic E-state index is 5.60. The zero-order chi connectivity index (χ0) is 9.35. The third kappa shape index (κ3) is 2.14. The van der Waals surface area contributed by atoms with Crippen molar-refractivity contribution in [1.82, 2.24) is 5.16 Å². The van der Waals surface area contributed by atoms with Crippen LogP contribution in [0, 0.1) is 0 Å². The lowest BCUT2D eigenvalue weighted by atomic mass is 9.92. The molecule has 1 heterocycles. The number of nitrogens with zero attached hydrogens (tertiary/aromatic N) is 1. The third-order valence-corrected chi connectivity index (χ3v) is 1.94. The predicted octanol–water partition coefficient (Wildman–Crippen LogP) is 3.45. The summed E-state index contributed by atoms with van der Waals surface area (Å²) in [5.74, 6) is 0.503. The Morgan fingerprint density at radius 2 is 2.00 bits per heavy atom. The highest BCUT2D eigenvalue weighted by molar-refractivity contribution is 6.43. The fraction of sp³-hybridized carbons (Fsp3) is 0.625. The molecule has 0 aliphatic rings. The minimum absolute atomic E-state index is 0.0234. The smallest absolute Gasteiger partial charge is 0.169 e. The largest absolute Gasteiger partial charge is 0.358 e. The lowest BCUT2D eigenvalue weighted by Crippen LogP contribution is -2.10. The van der Waals surface area contributed by atoms with Crippen LogP contribution >= 0.6 is 23.2 Å². The van der Waals surface area contributed by atoms with Crippen molar-refractivity contribution in [2.24, 2.45) is 0 Å². The van der Waals surface area contributed by atoms with Gasteiger partial charge >= 0.3 is 0 Å². The van der Waals surface area contributed by atoms with E-state index in [-0.39, 0.29) is 5.41 Å². The van der Waals surface area contributed by atoms with Crippen LogP contribution in [-0.2, 0) is 5.41 Å². The first-order valence-corrected chi connectivity index (χ1v) is 4.54. The summed E-state index contributed by atoms with van der Waals surface area (Å²) in [6.07, 6.45) is 0. The molecule has 0 aliphatic heterocycles. The fourth-order valence-corrected chi connectivity index (χ4v) is 0.951. The number of halogens is 2. The number of hydrogen-bond donors (Lipinski definition) is 0. The maximum Gasteiger partial charge on any atom is 0.169 e. The topological polar surface area (TPSA) is 26.0 Å². The second kappa shape index (κ2) is 3.27. The van der Waals surface area contributed by atoms with Crippen LogP contribution in [0.4, 0.5) is 0 Å². The van der Waals surface area contributed by atoms with E-state index in [1.165, 1.54) is 0 Å².